The molecule has 0 spiro atoms. The van der Waals surface area contributed by atoms with Crippen LogP contribution in [0, 0.1) is 0 Å². The Hall–Kier alpha value is -2.22. The molecule has 7 nitrogen and oxygen atoms in total. The number of methoxy groups -OCH3 is 1. The molecule has 2 heterocycles. The number of nitrogens with one attached hydrogen (secondary N) is 1. The van der Waals surface area contributed by atoms with Crippen molar-refractivity contribution >= 4 is 23.6 Å². The molecular formula is C21H29N5O2S. The SMILES string of the molecule is COc1ccccc1CCNC(=O)CSc1nnc(N2CCCCC2)n1C1CC1. The van der Waals surface area contributed by atoms with Crippen LogP contribution in [0.5, 0.6) is 5.75 Å². The van der Waals surface area contributed by atoms with Gasteiger partial charge in [-0.3, -0.25) is 9.36 Å². The minimum Gasteiger partial charge on any atom is -0.496 e. The summed E-state index contributed by atoms with van der Waals surface area (Å²) in [4.78, 5) is 14.7. The summed E-state index contributed by atoms with van der Waals surface area (Å²) in [5.74, 6) is 2.23. The van der Waals surface area contributed by atoms with E-state index in [9.17, 15) is 4.79 Å². The Bertz CT molecular complexity index is 830. The lowest BCUT2D eigenvalue weighted by molar-refractivity contribution is -0.118. The number of carbonyl (C=O) groups excluding carboxylic acids is 1. The van der Waals surface area contributed by atoms with Gasteiger partial charge in [-0.05, 0) is 50.2 Å². The van der Waals surface area contributed by atoms with Crippen molar-refractivity contribution in [1.29, 1.82) is 0 Å². The number of aromatic nitrogens is 3. The minimum absolute atomic E-state index is 0.0229. The van der Waals surface area contributed by atoms with Crippen molar-refractivity contribution in [2.75, 3.05) is 37.4 Å². The summed E-state index contributed by atoms with van der Waals surface area (Å²) >= 11 is 1.49. The van der Waals surface area contributed by atoms with Crippen molar-refractivity contribution in [2.45, 2.75) is 49.7 Å². The van der Waals surface area contributed by atoms with Gasteiger partial charge < -0.3 is 15.0 Å². The molecule has 1 amide bonds. The number of anilines is 1. The lowest BCUT2D eigenvalue weighted by Crippen LogP contribution is -2.32. The lowest BCUT2D eigenvalue weighted by atomic mass is 10.1. The van der Waals surface area contributed by atoms with E-state index in [-0.39, 0.29) is 5.91 Å². The van der Waals surface area contributed by atoms with E-state index in [0.717, 1.165) is 41.9 Å². The zero-order chi connectivity index (χ0) is 20.1. The third-order valence-electron chi connectivity index (χ3n) is 5.44. The molecule has 4 rings (SSSR count). The fourth-order valence-electron chi connectivity index (χ4n) is 3.76. The zero-order valence-electron chi connectivity index (χ0n) is 17.0. The average molecular weight is 416 g/mol. The van der Waals surface area contributed by atoms with Gasteiger partial charge in [0, 0.05) is 25.7 Å². The first-order valence-electron chi connectivity index (χ1n) is 10.5. The Balaban J connectivity index is 1.29. The van der Waals surface area contributed by atoms with Gasteiger partial charge in [0.2, 0.25) is 11.9 Å². The molecule has 1 aromatic heterocycles. The Morgan fingerprint density at radius 1 is 1.21 bits per heavy atom. The van der Waals surface area contributed by atoms with Crippen molar-refractivity contribution < 1.29 is 9.53 Å². The van der Waals surface area contributed by atoms with Gasteiger partial charge in [-0.25, -0.2) is 0 Å². The Kier molecular flexibility index (Phi) is 6.59. The number of piperidine rings is 1. The molecule has 0 radical (unpaired) electrons. The number of amides is 1. The van der Waals surface area contributed by atoms with E-state index in [1.165, 1.54) is 43.9 Å². The summed E-state index contributed by atoms with van der Waals surface area (Å²) < 4.78 is 7.63. The minimum atomic E-state index is 0.0229. The summed E-state index contributed by atoms with van der Waals surface area (Å²) in [6, 6.07) is 8.40. The number of hydrogen-bond donors (Lipinski definition) is 1. The van der Waals surface area contributed by atoms with E-state index in [4.69, 9.17) is 4.74 Å². The molecule has 0 atom stereocenters. The third-order valence-corrected chi connectivity index (χ3v) is 6.38. The van der Waals surface area contributed by atoms with Crippen LogP contribution in [-0.4, -0.2) is 53.2 Å². The number of hydrogen-bond acceptors (Lipinski definition) is 6. The molecule has 29 heavy (non-hydrogen) atoms. The van der Waals surface area contributed by atoms with Gasteiger partial charge in [-0.15, -0.1) is 10.2 Å². The van der Waals surface area contributed by atoms with Gasteiger partial charge in [0.05, 0.1) is 12.9 Å². The molecule has 1 N–H and O–H groups in total. The van der Waals surface area contributed by atoms with Gasteiger partial charge in [0.1, 0.15) is 5.75 Å². The summed E-state index contributed by atoms with van der Waals surface area (Å²) in [5.41, 5.74) is 1.10. The normalized spacial score (nSPS) is 16.7. The molecule has 1 saturated heterocycles. The summed E-state index contributed by atoms with van der Waals surface area (Å²) in [6.07, 6.45) is 6.83. The first-order chi connectivity index (χ1) is 14.3. The van der Waals surface area contributed by atoms with Crippen molar-refractivity contribution in [3.05, 3.63) is 29.8 Å². The fraction of sp³-hybridized carbons (Fsp3) is 0.571. The van der Waals surface area contributed by atoms with E-state index in [2.05, 4.69) is 25.0 Å². The van der Waals surface area contributed by atoms with Crippen LogP contribution in [0.25, 0.3) is 0 Å². The maximum Gasteiger partial charge on any atom is 0.230 e. The highest BCUT2D eigenvalue weighted by molar-refractivity contribution is 7.99. The molecule has 1 aliphatic heterocycles. The molecule has 2 aromatic rings. The quantitative estimate of drug-likeness (QED) is 0.635. The number of thioether (sulfide) groups is 1. The highest BCUT2D eigenvalue weighted by Gasteiger charge is 2.32. The van der Waals surface area contributed by atoms with E-state index in [0.29, 0.717) is 18.3 Å². The highest BCUT2D eigenvalue weighted by Crippen LogP contribution is 2.41. The predicted octanol–water partition coefficient (Wildman–Crippen LogP) is 3.06. The van der Waals surface area contributed by atoms with Crippen LogP contribution in [-0.2, 0) is 11.2 Å². The number of nitrogens with zero attached hydrogens (tertiary/aromatic N) is 4. The largest absolute Gasteiger partial charge is 0.496 e. The van der Waals surface area contributed by atoms with E-state index >= 15 is 0 Å². The molecule has 1 aromatic carbocycles. The Morgan fingerprint density at radius 2 is 2.00 bits per heavy atom. The highest BCUT2D eigenvalue weighted by atomic mass is 32.2. The first-order valence-corrected chi connectivity index (χ1v) is 11.5. The predicted molar refractivity (Wildman–Crippen MR) is 115 cm³/mol. The maximum atomic E-state index is 12.3. The Labute approximate surface area is 176 Å². The monoisotopic (exact) mass is 415 g/mol. The van der Waals surface area contributed by atoms with Crippen LogP contribution in [0.1, 0.15) is 43.7 Å². The molecule has 1 aliphatic carbocycles. The van der Waals surface area contributed by atoms with Crippen molar-refractivity contribution in [1.82, 2.24) is 20.1 Å². The van der Waals surface area contributed by atoms with E-state index < -0.39 is 0 Å². The summed E-state index contributed by atoms with van der Waals surface area (Å²) in [5, 5.41) is 12.8. The fourth-order valence-corrected chi connectivity index (χ4v) is 4.59. The zero-order valence-corrected chi connectivity index (χ0v) is 17.8. The first kappa shape index (κ1) is 20.1. The Morgan fingerprint density at radius 3 is 2.76 bits per heavy atom. The smallest absolute Gasteiger partial charge is 0.230 e. The van der Waals surface area contributed by atoms with E-state index in [1.807, 2.05) is 24.3 Å². The standard InChI is InChI=1S/C21H29N5O2S/c1-28-18-8-4-3-7-16(18)11-12-22-19(27)15-29-21-24-23-20(26(21)17-9-10-17)25-13-5-2-6-14-25/h3-4,7-8,17H,2,5-6,9-15H2,1H3,(H,22,27). The summed E-state index contributed by atoms with van der Waals surface area (Å²) in [7, 11) is 1.67. The van der Waals surface area contributed by atoms with Crippen molar-refractivity contribution in [2.24, 2.45) is 0 Å². The van der Waals surface area contributed by atoms with Gasteiger partial charge >= 0.3 is 0 Å². The molecule has 156 valence electrons. The number of para-hydroxylation sites is 1. The molecule has 2 aliphatic rings. The van der Waals surface area contributed by atoms with Crippen LogP contribution in [0.4, 0.5) is 5.95 Å². The van der Waals surface area contributed by atoms with Gasteiger partial charge in [-0.2, -0.15) is 0 Å². The van der Waals surface area contributed by atoms with Crippen LogP contribution < -0.4 is 15.0 Å². The molecule has 0 bridgehead atoms. The second-order valence-electron chi connectivity index (χ2n) is 7.63. The topological polar surface area (TPSA) is 72.3 Å². The van der Waals surface area contributed by atoms with Crippen molar-refractivity contribution in [3.8, 4) is 5.75 Å². The molecule has 8 heteroatoms. The molecule has 1 saturated carbocycles. The van der Waals surface area contributed by atoms with Gasteiger partial charge in [0.25, 0.3) is 0 Å². The van der Waals surface area contributed by atoms with Gasteiger partial charge in [0.15, 0.2) is 5.16 Å². The molecule has 0 unspecified atom stereocenters. The summed E-state index contributed by atoms with van der Waals surface area (Å²) in [6.45, 7) is 2.70. The van der Waals surface area contributed by atoms with Crippen LogP contribution in [0.15, 0.2) is 29.4 Å². The second kappa shape index (κ2) is 9.52. The third kappa shape index (κ3) is 5.04. The van der Waals surface area contributed by atoms with Crippen LogP contribution >= 0.6 is 11.8 Å². The number of ether oxygens (including phenoxy) is 1. The number of benzene rings is 1. The average Bonchev–Trinajstić information content (AvgIpc) is 3.52. The molecular weight excluding hydrogens is 386 g/mol. The maximum absolute atomic E-state index is 12.3. The molecule has 2 fully saturated rings. The van der Waals surface area contributed by atoms with Crippen molar-refractivity contribution in [3.63, 3.8) is 0 Å². The van der Waals surface area contributed by atoms with Crippen LogP contribution in [0.3, 0.4) is 0 Å². The van der Waals surface area contributed by atoms with E-state index in [1.54, 1.807) is 7.11 Å². The lowest BCUT2D eigenvalue weighted by Gasteiger charge is -2.27. The number of carbonyl (C=O) groups is 1. The number of rotatable bonds is 9. The second-order valence-corrected chi connectivity index (χ2v) is 8.57. The van der Waals surface area contributed by atoms with Crippen LogP contribution in [0.2, 0.25) is 0 Å². The van der Waals surface area contributed by atoms with Gasteiger partial charge in [-0.1, -0.05) is 30.0 Å².